The van der Waals surface area contributed by atoms with Gasteiger partial charge in [-0.15, -0.1) is 10.2 Å². The van der Waals surface area contributed by atoms with Gasteiger partial charge in [-0.3, -0.25) is 0 Å². The van der Waals surface area contributed by atoms with Crippen LogP contribution in [0.5, 0.6) is 0 Å². The third-order valence-electron chi connectivity index (χ3n) is 4.64. The van der Waals surface area contributed by atoms with Crippen molar-refractivity contribution in [2.75, 3.05) is 5.73 Å². The van der Waals surface area contributed by atoms with Crippen molar-refractivity contribution in [1.82, 2.24) is 29.7 Å². The Bertz CT molecular complexity index is 1370. The van der Waals surface area contributed by atoms with Crippen LogP contribution in [0.1, 0.15) is 0 Å². The average molecular weight is 438 g/mol. The summed E-state index contributed by atoms with van der Waals surface area (Å²) in [7, 11) is 1.91. The number of nitrogen functional groups attached to an aromatic ring is 1. The van der Waals surface area contributed by atoms with Gasteiger partial charge in [-0.25, -0.2) is 14.4 Å². The van der Waals surface area contributed by atoms with Gasteiger partial charge in [0.15, 0.2) is 0 Å². The summed E-state index contributed by atoms with van der Waals surface area (Å²) in [5, 5.41) is 9.81. The van der Waals surface area contributed by atoms with Crippen LogP contribution in [0.3, 0.4) is 0 Å². The second kappa shape index (κ2) is 6.10. The Labute approximate surface area is 166 Å². The number of fused-ring (bicyclic) bond motifs is 2. The highest BCUT2D eigenvalue weighted by atomic mass is 79.9. The van der Waals surface area contributed by atoms with E-state index in [0.29, 0.717) is 22.3 Å². The van der Waals surface area contributed by atoms with Gasteiger partial charge in [0.25, 0.3) is 0 Å². The zero-order valence-electron chi connectivity index (χ0n) is 14.6. The van der Waals surface area contributed by atoms with Crippen LogP contribution in [0.4, 0.5) is 10.3 Å². The molecule has 0 saturated carbocycles. The quantitative estimate of drug-likeness (QED) is 0.433. The average Bonchev–Trinajstić information content (AvgIpc) is 3.22. The normalized spacial score (nSPS) is 11.5. The van der Waals surface area contributed by atoms with E-state index in [2.05, 4.69) is 41.1 Å². The second-order valence-electron chi connectivity index (χ2n) is 6.44. The lowest BCUT2D eigenvalue weighted by Crippen LogP contribution is -2.02. The number of hydrogen-bond acceptors (Lipinski definition) is 5. The Hall–Kier alpha value is -3.33. The summed E-state index contributed by atoms with van der Waals surface area (Å²) in [6, 6.07) is 6.52. The molecular formula is C19H13BrFN7. The number of aryl methyl sites for hydroxylation is 1. The Kier molecular flexibility index (Phi) is 3.66. The van der Waals surface area contributed by atoms with Crippen molar-refractivity contribution in [2.45, 2.75) is 0 Å². The highest BCUT2D eigenvalue weighted by Gasteiger charge is 2.20. The summed E-state index contributed by atoms with van der Waals surface area (Å²) in [4.78, 5) is 12.1. The molecule has 5 rings (SSSR count). The van der Waals surface area contributed by atoms with E-state index >= 15 is 0 Å². The van der Waals surface area contributed by atoms with E-state index in [1.165, 1.54) is 12.1 Å². The van der Waals surface area contributed by atoms with Gasteiger partial charge < -0.3 is 15.3 Å². The smallest absolute Gasteiger partial charge is 0.240 e. The minimum atomic E-state index is -0.329. The molecule has 0 aliphatic heterocycles. The molecule has 3 N–H and O–H groups in total. The zero-order chi connectivity index (χ0) is 19.4. The standard InChI is InChI=1S/C19H13BrFN7/c1-28-8-14(12-4-9(20)6-24-18(12)28)16-17(26-27-19(22)25-16)13-7-23-15-3-2-10(21)5-11(13)15/h2-8,23H,1H3,(H2,22,25,27). The van der Waals surface area contributed by atoms with Crippen molar-refractivity contribution in [2.24, 2.45) is 7.05 Å². The first kappa shape index (κ1) is 16.8. The van der Waals surface area contributed by atoms with Gasteiger partial charge >= 0.3 is 0 Å². The fourth-order valence-corrected chi connectivity index (χ4v) is 3.75. The molecule has 0 bridgehead atoms. The fourth-order valence-electron chi connectivity index (χ4n) is 3.42. The number of nitrogens with zero attached hydrogens (tertiary/aromatic N) is 5. The maximum absolute atomic E-state index is 13.9. The second-order valence-corrected chi connectivity index (χ2v) is 7.35. The monoisotopic (exact) mass is 437 g/mol. The number of hydrogen-bond donors (Lipinski definition) is 2. The van der Waals surface area contributed by atoms with E-state index < -0.39 is 0 Å². The lowest BCUT2D eigenvalue weighted by Gasteiger charge is -2.07. The SMILES string of the molecule is Cn1cc(-c2nc(N)nnc2-c2c[nH]c3ccc(F)cc23)c2cc(Br)cnc21. The zero-order valence-corrected chi connectivity index (χ0v) is 16.2. The number of pyridine rings is 1. The largest absolute Gasteiger partial charge is 0.366 e. The number of H-pyrrole nitrogens is 1. The molecule has 9 heteroatoms. The predicted octanol–water partition coefficient (Wildman–Crippen LogP) is 4.06. The molecule has 0 radical (unpaired) electrons. The van der Waals surface area contributed by atoms with E-state index in [4.69, 9.17) is 5.73 Å². The van der Waals surface area contributed by atoms with Crippen LogP contribution in [-0.4, -0.2) is 29.7 Å². The van der Waals surface area contributed by atoms with Crippen molar-refractivity contribution >= 4 is 43.8 Å². The first-order chi connectivity index (χ1) is 13.5. The Morgan fingerprint density at radius 3 is 2.82 bits per heavy atom. The Balaban J connectivity index is 1.84. The lowest BCUT2D eigenvalue weighted by atomic mass is 10.0. The number of nitrogens with two attached hydrogens (primary N) is 1. The Morgan fingerprint density at radius 2 is 1.96 bits per heavy atom. The lowest BCUT2D eigenvalue weighted by molar-refractivity contribution is 0.630. The van der Waals surface area contributed by atoms with Gasteiger partial charge in [-0.2, -0.15) is 0 Å². The Morgan fingerprint density at radius 1 is 1.11 bits per heavy atom. The summed E-state index contributed by atoms with van der Waals surface area (Å²) in [5.74, 6) is -0.269. The summed E-state index contributed by atoms with van der Waals surface area (Å²) in [6.07, 6.45) is 5.43. The van der Waals surface area contributed by atoms with Crippen LogP contribution in [0.25, 0.3) is 44.5 Å². The molecule has 5 aromatic rings. The first-order valence-electron chi connectivity index (χ1n) is 8.39. The number of anilines is 1. The third-order valence-corrected chi connectivity index (χ3v) is 5.07. The predicted molar refractivity (Wildman–Crippen MR) is 109 cm³/mol. The van der Waals surface area contributed by atoms with Crippen molar-refractivity contribution in [3.63, 3.8) is 0 Å². The molecule has 28 heavy (non-hydrogen) atoms. The molecular weight excluding hydrogens is 425 g/mol. The molecule has 138 valence electrons. The van der Waals surface area contributed by atoms with Gasteiger partial charge in [-0.1, -0.05) is 0 Å². The van der Waals surface area contributed by atoms with Crippen molar-refractivity contribution in [1.29, 1.82) is 0 Å². The van der Waals surface area contributed by atoms with E-state index in [1.54, 1.807) is 18.5 Å². The number of aromatic amines is 1. The number of nitrogens with one attached hydrogen (secondary N) is 1. The molecule has 4 heterocycles. The van der Waals surface area contributed by atoms with E-state index in [-0.39, 0.29) is 11.8 Å². The minimum absolute atomic E-state index is 0.0599. The van der Waals surface area contributed by atoms with Crippen molar-refractivity contribution in [3.05, 3.63) is 53.1 Å². The molecule has 0 saturated heterocycles. The van der Waals surface area contributed by atoms with Crippen LogP contribution < -0.4 is 5.73 Å². The molecule has 0 atom stereocenters. The van der Waals surface area contributed by atoms with Crippen LogP contribution in [0, 0.1) is 5.82 Å². The molecule has 0 aliphatic rings. The molecule has 1 aromatic carbocycles. The molecule has 4 aromatic heterocycles. The first-order valence-corrected chi connectivity index (χ1v) is 9.18. The highest BCUT2D eigenvalue weighted by Crippen LogP contribution is 2.37. The van der Waals surface area contributed by atoms with Crippen molar-refractivity contribution < 1.29 is 4.39 Å². The molecule has 0 amide bonds. The number of benzene rings is 1. The van der Waals surface area contributed by atoms with Crippen LogP contribution in [0.2, 0.25) is 0 Å². The summed E-state index contributed by atoms with van der Waals surface area (Å²) in [5.41, 5.74) is 10.0. The summed E-state index contributed by atoms with van der Waals surface area (Å²) in [6.45, 7) is 0. The summed E-state index contributed by atoms with van der Waals surface area (Å²) < 4.78 is 16.6. The van der Waals surface area contributed by atoms with E-state index in [9.17, 15) is 4.39 Å². The topological polar surface area (TPSA) is 98.3 Å². The van der Waals surface area contributed by atoms with Gasteiger partial charge in [0, 0.05) is 57.5 Å². The van der Waals surface area contributed by atoms with Crippen LogP contribution >= 0.6 is 15.9 Å². The molecule has 7 nitrogen and oxygen atoms in total. The molecule has 0 fully saturated rings. The highest BCUT2D eigenvalue weighted by molar-refractivity contribution is 9.10. The van der Waals surface area contributed by atoms with Crippen LogP contribution in [0.15, 0.2) is 47.3 Å². The van der Waals surface area contributed by atoms with Crippen LogP contribution in [-0.2, 0) is 7.05 Å². The maximum Gasteiger partial charge on any atom is 0.240 e. The number of halogens is 2. The molecule has 0 aliphatic carbocycles. The number of aromatic nitrogens is 6. The van der Waals surface area contributed by atoms with Gasteiger partial charge in [-0.05, 0) is 40.2 Å². The molecule has 0 spiro atoms. The molecule has 0 unspecified atom stereocenters. The van der Waals surface area contributed by atoms with E-state index in [0.717, 1.165) is 26.6 Å². The maximum atomic E-state index is 13.9. The summed E-state index contributed by atoms with van der Waals surface area (Å²) >= 11 is 3.47. The number of rotatable bonds is 2. The third kappa shape index (κ3) is 2.55. The van der Waals surface area contributed by atoms with Crippen molar-refractivity contribution in [3.8, 4) is 22.5 Å². The minimum Gasteiger partial charge on any atom is -0.366 e. The van der Waals surface area contributed by atoms with Gasteiger partial charge in [0.1, 0.15) is 22.9 Å². The van der Waals surface area contributed by atoms with Gasteiger partial charge in [0.05, 0.1) is 0 Å². The van der Waals surface area contributed by atoms with E-state index in [1.807, 2.05) is 23.9 Å². The fraction of sp³-hybridized carbons (Fsp3) is 0.0526. The van der Waals surface area contributed by atoms with Gasteiger partial charge in [0.2, 0.25) is 5.95 Å².